The van der Waals surface area contributed by atoms with Gasteiger partial charge in [0.2, 0.25) is 0 Å². The molecule has 0 fully saturated rings. The van der Waals surface area contributed by atoms with Crippen LogP contribution in [0.15, 0.2) is 65.8 Å². The number of hydrogen-bond donors (Lipinski definition) is 1. The first kappa shape index (κ1) is 14.9. The fourth-order valence-electron chi connectivity index (χ4n) is 2.89. The van der Waals surface area contributed by atoms with E-state index >= 15 is 0 Å². The summed E-state index contributed by atoms with van der Waals surface area (Å²) in [7, 11) is -1.86. The minimum absolute atomic E-state index is 0.254. The zero-order chi connectivity index (χ0) is 16.7. The van der Waals surface area contributed by atoms with Gasteiger partial charge >= 0.3 is 0 Å². The van der Waals surface area contributed by atoms with Crippen molar-refractivity contribution >= 4 is 21.4 Å². The second-order valence-electron chi connectivity index (χ2n) is 5.58. The van der Waals surface area contributed by atoms with Crippen molar-refractivity contribution in [3.63, 3.8) is 0 Å². The summed E-state index contributed by atoms with van der Waals surface area (Å²) in [6, 6.07) is 14.2. The quantitative estimate of drug-likeness (QED) is 0.792. The van der Waals surface area contributed by atoms with Gasteiger partial charge in [-0.3, -0.25) is 0 Å². The van der Waals surface area contributed by atoms with Gasteiger partial charge in [0, 0.05) is 6.54 Å². The Morgan fingerprint density at radius 2 is 1.88 bits per heavy atom. The minimum atomic E-state index is -3.72. The number of sulfonamides is 1. The third kappa shape index (κ3) is 2.21. The summed E-state index contributed by atoms with van der Waals surface area (Å²) in [5.41, 5.74) is 2.90. The molecule has 0 saturated carbocycles. The van der Waals surface area contributed by atoms with Crippen LogP contribution in [0.5, 0.6) is 0 Å². The highest BCUT2D eigenvalue weighted by atomic mass is 32.2. The third-order valence-corrected chi connectivity index (χ3v) is 5.73. The number of nitrogens with zero attached hydrogens (tertiary/aromatic N) is 3. The van der Waals surface area contributed by atoms with E-state index in [2.05, 4.69) is 10.4 Å². The van der Waals surface area contributed by atoms with Crippen molar-refractivity contribution in [2.24, 2.45) is 0 Å². The van der Waals surface area contributed by atoms with E-state index in [0.717, 1.165) is 11.3 Å². The van der Waals surface area contributed by atoms with Gasteiger partial charge in [0.15, 0.2) is 0 Å². The molecular formula is C17H16N4O2S. The summed E-state index contributed by atoms with van der Waals surface area (Å²) in [4.78, 5) is 0.254. The normalized spacial score (nSPS) is 13.0. The van der Waals surface area contributed by atoms with Crippen LogP contribution in [0.4, 0.5) is 11.4 Å². The van der Waals surface area contributed by atoms with Crippen LogP contribution in [0.3, 0.4) is 0 Å². The lowest BCUT2D eigenvalue weighted by atomic mass is 10.1. The molecule has 1 aliphatic heterocycles. The maximum atomic E-state index is 13.2. The molecule has 0 aliphatic carbocycles. The van der Waals surface area contributed by atoms with Crippen LogP contribution >= 0.6 is 0 Å². The molecule has 122 valence electrons. The topological polar surface area (TPSA) is 67.2 Å². The summed E-state index contributed by atoms with van der Waals surface area (Å²) in [6.07, 6.45) is 3.29. The largest absolute Gasteiger partial charge is 0.316 e. The molecule has 24 heavy (non-hydrogen) atoms. The van der Waals surface area contributed by atoms with E-state index in [1.165, 1.54) is 4.31 Å². The molecule has 0 unspecified atom stereocenters. The van der Waals surface area contributed by atoms with E-state index in [4.69, 9.17) is 0 Å². The van der Waals surface area contributed by atoms with Gasteiger partial charge in [-0.2, -0.15) is 5.10 Å². The van der Waals surface area contributed by atoms with Crippen molar-refractivity contribution in [2.45, 2.75) is 11.4 Å². The highest BCUT2D eigenvalue weighted by molar-refractivity contribution is 7.93. The summed E-state index contributed by atoms with van der Waals surface area (Å²) >= 11 is 0. The Bertz CT molecular complexity index is 996. The molecule has 0 amide bonds. The van der Waals surface area contributed by atoms with Crippen molar-refractivity contribution < 1.29 is 8.42 Å². The number of nitrogens with one attached hydrogen (secondary N) is 1. The minimum Gasteiger partial charge on any atom is -0.316 e. The average molecular weight is 340 g/mol. The summed E-state index contributed by atoms with van der Waals surface area (Å²) in [5.74, 6) is 0. The number of aromatic nitrogens is 2. The van der Waals surface area contributed by atoms with Crippen molar-refractivity contribution in [1.29, 1.82) is 0 Å². The van der Waals surface area contributed by atoms with Crippen molar-refractivity contribution in [3.05, 3.63) is 66.5 Å². The average Bonchev–Trinajstić information content (AvgIpc) is 3.00. The van der Waals surface area contributed by atoms with Crippen LogP contribution in [-0.2, 0) is 16.6 Å². The summed E-state index contributed by atoms with van der Waals surface area (Å²) in [6.45, 7) is 0.659. The Balaban J connectivity index is 1.93. The van der Waals surface area contributed by atoms with Crippen LogP contribution in [0.25, 0.3) is 5.69 Å². The van der Waals surface area contributed by atoms with Gasteiger partial charge in [0.25, 0.3) is 10.0 Å². The molecule has 0 atom stereocenters. The molecule has 2 aromatic carbocycles. The predicted octanol–water partition coefficient (Wildman–Crippen LogP) is 2.43. The molecule has 0 saturated heterocycles. The van der Waals surface area contributed by atoms with E-state index in [1.807, 2.05) is 25.2 Å². The predicted molar refractivity (Wildman–Crippen MR) is 92.1 cm³/mol. The Hall–Kier alpha value is -2.64. The van der Waals surface area contributed by atoms with Crippen LogP contribution in [-0.4, -0.2) is 25.2 Å². The number of hydrogen-bond acceptors (Lipinski definition) is 4. The molecule has 4 rings (SSSR count). The summed E-state index contributed by atoms with van der Waals surface area (Å²) < 4.78 is 29.5. The van der Waals surface area contributed by atoms with Crippen molar-refractivity contribution in [2.75, 3.05) is 11.4 Å². The fourth-order valence-corrected chi connectivity index (χ4v) is 4.38. The molecule has 7 heteroatoms. The second-order valence-corrected chi connectivity index (χ2v) is 7.37. The van der Waals surface area contributed by atoms with Gasteiger partial charge in [-0.05, 0) is 36.9 Å². The van der Waals surface area contributed by atoms with Crippen molar-refractivity contribution in [1.82, 2.24) is 15.1 Å². The maximum absolute atomic E-state index is 13.2. The van der Waals surface area contributed by atoms with Crippen LogP contribution < -0.4 is 9.62 Å². The zero-order valence-electron chi connectivity index (χ0n) is 13.0. The maximum Gasteiger partial charge on any atom is 0.268 e. The fraction of sp³-hybridized carbons (Fsp3) is 0.118. The second kappa shape index (κ2) is 5.47. The molecule has 1 aromatic heterocycles. The van der Waals surface area contributed by atoms with Crippen molar-refractivity contribution in [3.8, 4) is 5.69 Å². The van der Waals surface area contributed by atoms with Gasteiger partial charge in [-0.1, -0.05) is 24.3 Å². The Kier molecular flexibility index (Phi) is 3.40. The van der Waals surface area contributed by atoms with Crippen LogP contribution in [0, 0.1) is 0 Å². The Labute approximate surface area is 140 Å². The van der Waals surface area contributed by atoms with Gasteiger partial charge < -0.3 is 5.32 Å². The first-order chi connectivity index (χ1) is 11.6. The molecule has 2 heterocycles. The number of rotatable bonds is 4. The highest BCUT2D eigenvalue weighted by Gasteiger charge is 2.33. The molecule has 6 nitrogen and oxygen atoms in total. The monoisotopic (exact) mass is 340 g/mol. The number of fused-ring (bicyclic) bond motifs is 4. The Morgan fingerprint density at radius 3 is 2.62 bits per heavy atom. The van der Waals surface area contributed by atoms with Gasteiger partial charge in [-0.25, -0.2) is 17.4 Å². The van der Waals surface area contributed by atoms with Gasteiger partial charge in [0.1, 0.15) is 0 Å². The molecular weight excluding hydrogens is 324 g/mol. The zero-order valence-corrected chi connectivity index (χ0v) is 13.9. The highest BCUT2D eigenvalue weighted by Crippen LogP contribution is 2.40. The lowest BCUT2D eigenvalue weighted by Gasteiger charge is -2.27. The molecule has 3 aromatic rings. The SMILES string of the molecule is CNCc1ccc2c(c1)N(S(=O)(=O)c1ccccc1)c1cnn-2c1. The van der Waals surface area contributed by atoms with Crippen LogP contribution in [0.1, 0.15) is 5.56 Å². The molecule has 0 radical (unpaired) electrons. The first-order valence-corrected chi connectivity index (χ1v) is 8.98. The van der Waals surface area contributed by atoms with E-state index in [0.29, 0.717) is 17.9 Å². The van der Waals surface area contributed by atoms with Crippen LogP contribution in [0.2, 0.25) is 0 Å². The first-order valence-electron chi connectivity index (χ1n) is 7.54. The molecule has 0 spiro atoms. The van der Waals surface area contributed by atoms with E-state index < -0.39 is 10.0 Å². The van der Waals surface area contributed by atoms with E-state index in [-0.39, 0.29) is 4.90 Å². The smallest absolute Gasteiger partial charge is 0.268 e. The van der Waals surface area contributed by atoms with Gasteiger partial charge in [-0.15, -0.1) is 0 Å². The standard InChI is InChI=1S/C17H16N4O2S/c1-18-10-13-7-8-16-17(9-13)21(14-11-19-20(16)12-14)24(22,23)15-5-3-2-4-6-15/h2-9,11-12,18H,10H2,1H3. The molecule has 1 N–H and O–H groups in total. The van der Waals surface area contributed by atoms with E-state index in [1.54, 1.807) is 47.4 Å². The Morgan fingerprint density at radius 1 is 1.08 bits per heavy atom. The molecule has 1 aliphatic rings. The third-order valence-electron chi connectivity index (χ3n) is 3.97. The van der Waals surface area contributed by atoms with Gasteiger partial charge in [0.05, 0.1) is 34.4 Å². The lowest BCUT2D eigenvalue weighted by molar-refractivity contribution is 0.596. The summed E-state index contributed by atoms with van der Waals surface area (Å²) in [5, 5.41) is 7.35. The molecule has 2 bridgehead atoms. The van der Waals surface area contributed by atoms with E-state index in [9.17, 15) is 8.42 Å². The number of benzene rings is 2. The lowest BCUT2D eigenvalue weighted by Crippen LogP contribution is -2.28. The number of anilines is 2.